The van der Waals surface area contributed by atoms with Crippen molar-refractivity contribution in [3.05, 3.63) is 0 Å². The maximum Gasteiger partial charge on any atom is 0.0162 e. The summed E-state index contributed by atoms with van der Waals surface area (Å²) in [6, 6.07) is 0. The molecule has 1 heteroatoms. The van der Waals surface area contributed by atoms with Crippen LogP contribution >= 0.6 is 0 Å². The van der Waals surface area contributed by atoms with Crippen molar-refractivity contribution in [3.63, 3.8) is 0 Å². The lowest BCUT2D eigenvalue weighted by Gasteiger charge is -2.41. The molecule has 3 fully saturated rings. The van der Waals surface area contributed by atoms with E-state index in [1.54, 1.807) is 0 Å². The Labute approximate surface area is 100 Å². The van der Waals surface area contributed by atoms with Crippen molar-refractivity contribution in [1.82, 2.24) is 0 Å². The second-order valence-electron chi connectivity index (χ2n) is 7.01. The molecule has 3 aliphatic rings. The van der Waals surface area contributed by atoms with Crippen LogP contribution in [-0.2, 0) is 0 Å². The Morgan fingerprint density at radius 1 is 0.688 bits per heavy atom. The summed E-state index contributed by atoms with van der Waals surface area (Å²) in [7, 11) is 0. The van der Waals surface area contributed by atoms with E-state index in [2.05, 4.69) is 0 Å². The summed E-state index contributed by atoms with van der Waals surface area (Å²) in [5.74, 6) is 2.98. The summed E-state index contributed by atoms with van der Waals surface area (Å²) in [4.78, 5) is 0. The lowest BCUT2D eigenvalue weighted by Crippen LogP contribution is -2.45. The van der Waals surface area contributed by atoms with Crippen LogP contribution in [0.5, 0.6) is 0 Å². The first kappa shape index (κ1) is 11.1. The van der Waals surface area contributed by atoms with Crippen molar-refractivity contribution in [3.8, 4) is 0 Å². The maximum atomic E-state index is 6.76. The molecule has 3 aliphatic carbocycles. The van der Waals surface area contributed by atoms with E-state index in [1.165, 1.54) is 70.6 Å². The molecule has 3 rings (SSSR count). The van der Waals surface area contributed by atoms with Crippen molar-refractivity contribution < 1.29 is 0 Å². The van der Waals surface area contributed by atoms with E-state index in [0.717, 1.165) is 17.8 Å². The Morgan fingerprint density at radius 3 is 1.31 bits per heavy atom. The van der Waals surface area contributed by atoms with E-state index in [1.807, 2.05) is 0 Å². The molecule has 0 heterocycles. The van der Waals surface area contributed by atoms with Crippen LogP contribution in [0.1, 0.15) is 70.6 Å². The van der Waals surface area contributed by atoms with E-state index in [-0.39, 0.29) is 5.54 Å². The smallest absolute Gasteiger partial charge is 0.0162 e. The average molecular weight is 221 g/mol. The van der Waals surface area contributed by atoms with Crippen LogP contribution in [0.4, 0.5) is 0 Å². The van der Waals surface area contributed by atoms with Crippen LogP contribution in [0.2, 0.25) is 0 Å². The lowest BCUT2D eigenvalue weighted by atomic mass is 9.68. The third-order valence-electron chi connectivity index (χ3n) is 5.23. The van der Waals surface area contributed by atoms with Crippen molar-refractivity contribution in [2.45, 2.75) is 76.2 Å². The fourth-order valence-corrected chi connectivity index (χ4v) is 3.69. The van der Waals surface area contributed by atoms with E-state index < -0.39 is 0 Å². The van der Waals surface area contributed by atoms with Crippen molar-refractivity contribution in [2.75, 3.05) is 0 Å². The van der Waals surface area contributed by atoms with Gasteiger partial charge in [-0.25, -0.2) is 0 Å². The van der Waals surface area contributed by atoms with Gasteiger partial charge in [0.1, 0.15) is 0 Å². The Morgan fingerprint density at radius 2 is 1.06 bits per heavy atom. The van der Waals surface area contributed by atoms with Crippen LogP contribution in [0.3, 0.4) is 0 Å². The van der Waals surface area contributed by atoms with Gasteiger partial charge < -0.3 is 5.73 Å². The molecular weight excluding hydrogens is 194 g/mol. The van der Waals surface area contributed by atoms with Gasteiger partial charge in [-0.1, -0.05) is 51.4 Å². The molecule has 92 valence electrons. The molecule has 3 saturated carbocycles. The first-order chi connectivity index (χ1) is 7.73. The SMILES string of the molecule is NC(CC1CCC1)(CC1CCC1)CC1CC1. The normalized spacial score (nSPS) is 27.6. The number of nitrogens with two attached hydrogens (primary N) is 1. The third-order valence-corrected chi connectivity index (χ3v) is 5.23. The van der Waals surface area contributed by atoms with Crippen molar-refractivity contribution >= 4 is 0 Å². The predicted molar refractivity (Wildman–Crippen MR) is 68.2 cm³/mol. The fraction of sp³-hybridized carbons (Fsp3) is 1.00. The Balaban J connectivity index is 1.55. The minimum Gasteiger partial charge on any atom is -0.325 e. The van der Waals surface area contributed by atoms with Gasteiger partial charge in [0.2, 0.25) is 0 Å². The molecule has 0 spiro atoms. The van der Waals surface area contributed by atoms with Gasteiger partial charge >= 0.3 is 0 Å². The molecule has 0 bridgehead atoms. The van der Waals surface area contributed by atoms with Gasteiger partial charge in [0.25, 0.3) is 0 Å². The van der Waals surface area contributed by atoms with Gasteiger partial charge in [-0.3, -0.25) is 0 Å². The largest absolute Gasteiger partial charge is 0.325 e. The zero-order valence-corrected chi connectivity index (χ0v) is 10.6. The standard InChI is InChI=1S/C15H27N/c16-15(11-14-7-8-14,9-12-3-1-4-12)10-13-5-2-6-13/h12-14H,1-11,16H2. The highest BCUT2D eigenvalue weighted by Crippen LogP contribution is 2.45. The number of hydrogen-bond acceptors (Lipinski definition) is 1. The zero-order valence-electron chi connectivity index (χ0n) is 10.6. The van der Waals surface area contributed by atoms with E-state index >= 15 is 0 Å². The van der Waals surface area contributed by atoms with Gasteiger partial charge in [-0.05, 0) is 37.0 Å². The topological polar surface area (TPSA) is 26.0 Å². The Hall–Kier alpha value is -0.0400. The Kier molecular flexibility index (Phi) is 2.99. The molecule has 0 saturated heterocycles. The zero-order chi connectivity index (χ0) is 11.0. The van der Waals surface area contributed by atoms with Crippen LogP contribution in [0.25, 0.3) is 0 Å². The van der Waals surface area contributed by atoms with Gasteiger partial charge in [0, 0.05) is 5.54 Å². The van der Waals surface area contributed by atoms with Gasteiger partial charge in [0.05, 0.1) is 0 Å². The molecule has 0 aromatic carbocycles. The molecule has 16 heavy (non-hydrogen) atoms. The highest BCUT2D eigenvalue weighted by Gasteiger charge is 2.39. The number of hydrogen-bond donors (Lipinski definition) is 1. The molecule has 0 aromatic rings. The summed E-state index contributed by atoms with van der Waals surface area (Å²) >= 11 is 0. The molecule has 1 nitrogen and oxygen atoms in total. The molecule has 0 unspecified atom stereocenters. The molecule has 2 N–H and O–H groups in total. The average Bonchev–Trinajstić information content (AvgIpc) is 2.89. The first-order valence-electron chi connectivity index (χ1n) is 7.52. The van der Waals surface area contributed by atoms with Crippen LogP contribution < -0.4 is 5.73 Å². The lowest BCUT2D eigenvalue weighted by molar-refractivity contribution is 0.152. The number of rotatable bonds is 6. The van der Waals surface area contributed by atoms with Gasteiger partial charge in [-0.2, -0.15) is 0 Å². The second-order valence-corrected chi connectivity index (χ2v) is 7.01. The summed E-state index contributed by atoms with van der Waals surface area (Å²) < 4.78 is 0. The minimum absolute atomic E-state index is 0.233. The fourth-order valence-electron chi connectivity index (χ4n) is 3.69. The van der Waals surface area contributed by atoms with Crippen molar-refractivity contribution in [2.24, 2.45) is 23.5 Å². The molecule has 0 radical (unpaired) electrons. The van der Waals surface area contributed by atoms with E-state index in [0.29, 0.717) is 0 Å². The minimum atomic E-state index is 0.233. The highest BCUT2D eigenvalue weighted by atomic mass is 14.8. The van der Waals surface area contributed by atoms with Crippen LogP contribution in [0.15, 0.2) is 0 Å². The molecule has 0 aromatic heterocycles. The van der Waals surface area contributed by atoms with Crippen LogP contribution in [-0.4, -0.2) is 5.54 Å². The summed E-state index contributed by atoms with van der Waals surface area (Å²) in [5, 5.41) is 0. The summed E-state index contributed by atoms with van der Waals surface area (Å²) in [6.07, 6.45) is 15.8. The molecule has 0 aliphatic heterocycles. The maximum absolute atomic E-state index is 6.76. The predicted octanol–water partition coefficient (Wildman–Crippen LogP) is 3.86. The monoisotopic (exact) mass is 221 g/mol. The quantitative estimate of drug-likeness (QED) is 0.724. The summed E-state index contributed by atoms with van der Waals surface area (Å²) in [6.45, 7) is 0. The molecule has 0 atom stereocenters. The van der Waals surface area contributed by atoms with E-state index in [9.17, 15) is 0 Å². The third kappa shape index (κ3) is 2.61. The van der Waals surface area contributed by atoms with Gasteiger partial charge in [0.15, 0.2) is 0 Å². The Bertz CT molecular complexity index is 220. The molecular formula is C15H27N. The van der Waals surface area contributed by atoms with E-state index in [4.69, 9.17) is 5.73 Å². The first-order valence-corrected chi connectivity index (χ1v) is 7.52. The highest BCUT2D eigenvalue weighted by molar-refractivity contribution is 4.96. The molecule has 0 amide bonds. The van der Waals surface area contributed by atoms with Gasteiger partial charge in [-0.15, -0.1) is 0 Å². The van der Waals surface area contributed by atoms with Crippen molar-refractivity contribution in [1.29, 1.82) is 0 Å². The second kappa shape index (κ2) is 4.33. The summed E-state index contributed by atoms with van der Waals surface area (Å²) in [5.41, 5.74) is 6.99. The van der Waals surface area contributed by atoms with Crippen LogP contribution in [0, 0.1) is 17.8 Å².